The fourth-order valence-electron chi connectivity index (χ4n) is 7.22. The fourth-order valence-corrected chi connectivity index (χ4v) is 7.22. The number of aliphatic carboxylic acids is 1. The van der Waals surface area contributed by atoms with Gasteiger partial charge in [-0.05, 0) is 136 Å². The molecule has 2 atom stereocenters. The molecule has 1 saturated carbocycles. The molecule has 8 N–H and O–H groups in total. The number of carbonyl (C=O) groups is 3. The van der Waals surface area contributed by atoms with E-state index in [2.05, 4.69) is 31.3 Å². The van der Waals surface area contributed by atoms with Crippen LogP contribution in [0.2, 0.25) is 0 Å². The number of aromatic amines is 1. The summed E-state index contributed by atoms with van der Waals surface area (Å²) in [6.07, 6.45) is 5.40. The Kier molecular flexibility index (Phi) is 12.5. The molecule has 6 rings (SSSR count). The van der Waals surface area contributed by atoms with Crippen LogP contribution in [-0.4, -0.2) is 82.3 Å². The van der Waals surface area contributed by atoms with Crippen LogP contribution in [0.5, 0.6) is 0 Å². The van der Waals surface area contributed by atoms with E-state index in [-0.39, 0.29) is 29.2 Å². The normalized spacial score (nSPS) is 19.4. The van der Waals surface area contributed by atoms with Crippen molar-refractivity contribution < 1.29 is 37.1 Å². The number of carboxylic acid groups (broad SMARTS) is 1. The zero-order valence-corrected chi connectivity index (χ0v) is 30.9. The zero-order chi connectivity index (χ0) is 40.0. The van der Waals surface area contributed by atoms with Crippen molar-refractivity contribution in [3.63, 3.8) is 0 Å². The molecule has 12 nitrogen and oxygen atoms in total. The van der Waals surface area contributed by atoms with Crippen molar-refractivity contribution in [3.8, 4) is 22.5 Å². The van der Waals surface area contributed by atoms with Gasteiger partial charge in [-0.2, -0.15) is 22.7 Å². The summed E-state index contributed by atoms with van der Waals surface area (Å²) in [6, 6.07) is 19.0. The third kappa shape index (κ3) is 9.25. The van der Waals surface area contributed by atoms with Crippen LogP contribution in [0.4, 0.5) is 23.2 Å². The number of nitrogens with one attached hydrogen (secondary N) is 5. The average molecular weight is 779 g/mol. The van der Waals surface area contributed by atoms with E-state index in [0.717, 1.165) is 67.4 Å². The molecule has 4 aromatic rings. The first-order valence-electron chi connectivity index (χ1n) is 18.7. The standard InChI is InChI=1S/C40H46F4N8O4/c1-23-18-29(35(53)49-31-16-17-46-22-31)12-15-32(23)27-8-6-24(7-9-27)19-33(47-21-26-4-2-25(20-45)3-5-26)36(54)48-30-13-10-28(11-14-30)34-50-37(52-51-34)39(41,42)40(43,44)38(55)56/h6-15,18,25-26,31,33,46-47H,2-5,16-17,19-22,45H2,1H3,(H,48,54)(H,49,53)(H,55,56)(H,50,51,52). The predicted molar refractivity (Wildman–Crippen MR) is 202 cm³/mol. The first kappa shape index (κ1) is 40.5. The van der Waals surface area contributed by atoms with Gasteiger partial charge in [0.15, 0.2) is 5.82 Å². The van der Waals surface area contributed by atoms with E-state index in [0.29, 0.717) is 42.6 Å². The summed E-state index contributed by atoms with van der Waals surface area (Å²) in [6.45, 7) is 4.94. The van der Waals surface area contributed by atoms with Gasteiger partial charge in [-0.15, -0.1) is 0 Å². The van der Waals surface area contributed by atoms with Crippen LogP contribution in [0.25, 0.3) is 22.5 Å². The lowest BCUT2D eigenvalue weighted by Crippen LogP contribution is -2.45. The Labute approximate surface area is 321 Å². The molecule has 16 heteroatoms. The molecule has 1 aliphatic heterocycles. The molecule has 2 amide bonds. The molecule has 2 fully saturated rings. The molecular weight excluding hydrogens is 732 g/mol. The van der Waals surface area contributed by atoms with Gasteiger partial charge >= 0.3 is 17.8 Å². The molecule has 1 aliphatic carbocycles. The summed E-state index contributed by atoms with van der Waals surface area (Å²) < 4.78 is 55.8. The Balaban J connectivity index is 1.13. The highest BCUT2D eigenvalue weighted by molar-refractivity contribution is 5.96. The second kappa shape index (κ2) is 17.3. The number of alkyl halides is 4. The largest absolute Gasteiger partial charge is 0.477 e. The Morgan fingerprint density at radius 3 is 2.23 bits per heavy atom. The fraction of sp³-hybridized carbons (Fsp3) is 0.425. The van der Waals surface area contributed by atoms with Crippen LogP contribution in [0, 0.1) is 18.8 Å². The number of carboxylic acids is 1. The van der Waals surface area contributed by atoms with E-state index < -0.39 is 29.7 Å². The van der Waals surface area contributed by atoms with Gasteiger partial charge in [-0.1, -0.05) is 30.3 Å². The molecule has 56 heavy (non-hydrogen) atoms. The van der Waals surface area contributed by atoms with Gasteiger partial charge in [0.2, 0.25) is 11.7 Å². The number of halogens is 4. The Morgan fingerprint density at radius 2 is 1.61 bits per heavy atom. The minimum atomic E-state index is -5.41. The molecule has 298 valence electrons. The third-order valence-corrected chi connectivity index (χ3v) is 10.7. The maximum Gasteiger partial charge on any atom is 0.411 e. The SMILES string of the molecule is Cc1cc(C(=O)NC2CCNC2)ccc1-c1ccc(CC(NCC2CCC(CN)CC2)C(=O)Nc2ccc(-c3n[nH]c(C(F)(F)C(F)(F)C(=O)O)n3)cc2)cc1. The summed E-state index contributed by atoms with van der Waals surface area (Å²) >= 11 is 0. The summed E-state index contributed by atoms with van der Waals surface area (Å²) in [5, 5.41) is 26.6. The zero-order valence-electron chi connectivity index (χ0n) is 30.9. The lowest BCUT2D eigenvalue weighted by Gasteiger charge is -2.29. The summed E-state index contributed by atoms with van der Waals surface area (Å²) in [5.41, 5.74) is 10.9. The van der Waals surface area contributed by atoms with Crippen LogP contribution < -0.4 is 27.0 Å². The second-order valence-corrected chi connectivity index (χ2v) is 14.7. The first-order valence-corrected chi connectivity index (χ1v) is 18.7. The van der Waals surface area contributed by atoms with Crippen molar-refractivity contribution in [3.05, 3.63) is 89.2 Å². The van der Waals surface area contributed by atoms with E-state index >= 15 is 0 Å². The number of hydrogen-bond acceptors (Lipinski definition) is 8. The highest BCUT2D eigenvalue weighted by atomic mass is 19.3. The smallest absolute Gasteiger partial charge is 0.411 e. The number of anilines is 1. The minimum absolute atomic E-state index is 0.0934. The number of H-pyrrole nitrogens is 1. The predicted octanol–water partition coefficient (Wildman–Crippen LogP) is 5.26. The molecule has 2 unspecified atom stereocenters. The number of hydrogen-bond donors (Lipinski definition) is 7. The van der Waals surface area contributed by atoms with E-state index in [1.807, 2.05) is 49.4 Å². The number of rotatable bonds is 15. The van der Waals surface area contributed by atoms with E-state index in [4.69, 9.17) is 10.8 Å². The highest BCUT2D eigenvalue weighted by Gasteiger charge is 2.65. The average Bonchev–Trinajstić information content (AvgIpc) is 3.91. The number of aryl methyl sites for hydroxylation is 1. The van der Waals surface area contributed by atoms with Crippen molar-refractivity contribution in [1.82, 2.24) is 31.1 Å². The van der Waals surface area contributed by atoms with Crippen LogP contribution in [0.3, 0.4) is 0 Å². The topological polar surface area (TPSA) is 187 Å². The maximum atomic E-state index is 14.2. The van der Waals surface area contributed by atoms with E-state index in [1.165, 1.54) is 24.3 Å². The number of amides is 2. The molecule has 2 heterocycles. The van der Waals surface area contributed by atoms with Crippen molar-refractivity contribution in [2.75, 3.05) is 31.5 Å². The molecule has 2 aliphatic rings. The molecule has 3 aromatic carbocycles. The van der Waals surface area contributed by atoms with Crippen molar-refractivity contribution in [1.29, 1.82) is 0 Å². The quantitative estimate of drug-likeness (QED) is 0.0792. The number of nitrogens with two attached hydrogens (primary N) is 1. The Bertz CT molecular complexity index is 1990. The van der Waals surface area contributed by atoms with Crippen LogP contribution in [0.15, 0.2) is 66.7 Å². The van der Waals surface area contributed by atoms with Gasteiger partial charge in [0.25, 0.3) is 5.91 Å². The third-order valence-electron chi connectivity index (χ3n) is 10.7. The Hall–Kier alpha value is -5.19. The van der Waals surface area contributed by atoms with E-state index in [1.54, 1.807) is 5.10 Å². The number of benzene rings is 3. The minimum Gasteiger partial charge on any atom is -0.477 e. The second-order valence-electron chi connectivity index (χ2n) is 14.7. The van der Waals surface area contributed by atoms with Crippen LogP contribution >= 0.6 is 0 Å². The van der Waals surface area contributed by atoms with Crippen LogP contribution in [-0.2, 0) is 21.9 Å². The molecule has 0 bridgehead atoms. The summed E-state index contributed by atoms with van der Waals surface area (Å²) in [7, 11) is 0. The van der Waals surface area contributed by atoms with Gasteiger partial charge < -0.3 is 32.1 Å². The van der Waals surface area contributed by atoms with Gasteiger partial charge in [0.1, 0.15) is 0 Å². The molecule has 0 spiro atoms. The van der Waals surface area contributed by atoms with Crippen molar-refractivity contribution in [2.24, 2.45) is 17.6 Å². The lowest BCUT2D eigenvalue weighted by molar-refractivity contribution is -0.231. The maximum absolute atomic E-state index is 14.2. The Morgan fingerprint density at radius 1 is 0.929 bits per heavy atom. The van der Waals surface area contributed by atoms with E-state index in [9.17, 15) is 31.9 Å². The molecule has 0 radical (unpaired) electrons. The van der Waals surface area contributed by atoms with Gasteiger partial charge in [0.05, 0.1) is 6.04 Å². The highest BCUT2D eigenvalue weighted by Crippen LogP contribution is 2.42. The van der Waals surface area contributed by atoms with Gasteiger partial charge in [-0.3, -0.25) is 14.7 Å². The lowest BCUT2D eigenvalue weighted by atomic mass is 9.82. The first-order chi connectivity index (χ1) is 26.7. The molecule has 1 saturated heterocycles. The number of aromatic nitrogens is 3. The molecule has 1 aromatic heterocycles. The summed E-state index contributed by atoms with van der Waals surface area (Å²) in [4.78, 5) is 40.7. The monoisotopic (exact) mass is 778 g/mol. The van der Waals surface area contributed by atoms with Crippen molar-refractivity contribution in [2.45, 2.75) is 69.4 Å². The van der Waals surface area contributed by atoms with Crippen LogP contribution in [0.1, 0.15) is 59.4 Å². The molecular formula is C40H46F4N8O4. The van der Waals surface area contributed by atoms with Gasteiger partial charge in [-0.25, -0.2) is 9.78 Å². The van der Waals surface area contributed by atoms with Gasteiger partial charge in [0, 0.05) is 29.4 Å². The number of nitrogens with zero attached hydrogens (tertiary/aromatic N) is 2. The van der Waals surface area contributed by atoms with Crippen molar-refractivity contribution >= 4 is 23.5 Å². The summed E-state index contributed by atoms with van der Waals surface area (Å²) in [5.74, 6) is -15.0. The number of carbonyl (C=O) groups excluding carboxylic acids is 2.